The molecular weight excluding hydrogens is 264 g/mol. The third kappa shape index (κ3) is 1.91. The number of carbonyl (C=O) groups excluding carboxylic acids is 1. The number of aliphatic imine (C=N–C) groups is 1. The highest BCUT2D eigenvalue weighted by Gasteiger charge is 2.30. The molecule has 106 valence electrons. The van der Waals surface area contributed by atoms with E-state index >= 15 is 0 Å². The third-order valence-electron chi connectivity index (χ3n) is 3.68. The predicted molar refractivity (Wildman–Crippen MR) is 83.7 cm³/mol. The van der Waals surface area contributed by atoms with E-state index in [0.29, 0.717) is 34.6 Å². The van der Waals surface area contributed by atoms with Crippen LogP contribution in [0.2, 0.25) is 0 Å². The molecule has 0 unspecified atom stereocenters. The maximum Gasteiger partial charge on any atom is 0.194 e. The number of hydrogen-bond acceptors (Lipinski definition) is 4. The molecule has 0 aliphatic heterocycles. The van der Waals surface area contributed by atoms with Crippen LogP contribution in [0.4, 0.5) is 5.69 Å². The zero-order chi connectivity index (χ0) is 15.0. The molecule has 0 radical (unpaired) electrons. The number of anilines is 1. The molecule has 21 heavy (non-hydrogen) atoms. The lowest BCUT2D eigenvalue weighted by Crippen LogP contribution is -2.22. The van der Waals surface area contributed by atoms with E-state index in [4.69, 9.17) is 0 Å². The molecule has 2 N–H and O–H groups in total. The van der Waals surface area contributed by atoms with Crippen molar-refractivity contribution in [3.05, 3.63) is 58.7 Å². The summed E-state index contributed by atoms with van der Waals surface area (Å²) >= 11 is 0. The van der Waals surface area contributed by atoms with Crippen molar-refractivity contribution in [3.8, 4) is 5.75 Å². The molecule has 4 heteroatoms. The highest BCUT2D eigenvalue weighted by atomic mass is 16.3. The summed E-state index contributed by atoms with van der Waals surface area (Å²) in [5.41, 5.74) is 3.66. The fraction of sp³-hybridized carbons (Fsp3) is 0.176. The van der Waals surface area contributed by atoms with Gasteiger partial charge in [-0.05, 0) is 19.1 Å². The van der Waals surface area contributed by atoms with Crippen LogP contribution in [0.25, 0.3) is 0 Å². The molecule has 1 aliphatic rings. The number of benzene rings is 2. The first-order valence-corrected chi connectivity index (χ1v) is 6.90. The van der Waals surface area contributed by atoms with Gasteiger partial charge in [0.15, 0.2) is 5.78 Å². The van der Waals surface area contributed by atoms with Crippen LogP contribution < -0.4 is 5.32 Å². The van der Waals surface area contributed by atoms with Gasteiger partial charge >= 0.3 is 0 Å². The average Bonchev–Trinajstić information content (AvgIpc) is 2.51. The normalized spacial score (nSPS) is 14.8. The number of rotatable bonds is 2. The molecule has 4 nitrogen and oxygen atoms in total. The van der Waals surface area contributed by atoms with Gasteiger partial charge in [0.25, 0.3) is 0 Å². The maximum atomic E-state index is 12.6. The molecule has 0 bridgehead atoms. The number of nitrogens with one attached hydrogen (secondary N) is 1. The fourth-order valence-corrected chi connectivity index (χ4v) is 2.75. The number of aromatic hydroxyl groups is 1. The van der Waals surface area contributed by atoms with Gasteiger partial charge in [-0.25, -0.2) is 0 Å². The quantitative estimate of drug-likeness (QED) is 0.710. The maximum absolute atomic E-state index is 12.6. The van der Waals surface area contributed by atoms with Crippen molar-refractivity contribution < 1.29 is 9.90 Å². The van der Waals surface area contributed by atoms with Crippen molar-refractivity contribution in [2.24, 2.45) is 4.99 Å². The fourth-order valence-electron chi connectivity index (χ4n) is 2.75. The molecule has 0 amide bonds. The molecule has 0 atom stereocenters. The molecule has 1 aliphatic carbocycles. The first-order valence-electron chi connectivity index (χ1n) is 6.90. The highest BCUT2D eigenvalue weighted by Crippen LogP contribution is 2.37. The van der Waals surface area contributed by atoms with Gasteiger partial charge in [0.2, 0.25) is 0 Å². The number of nitrogens with zero attached hydrogens (tertiary/aromatic N) is 1. The lowest BCUT2D eigenvalue weighted by Gasteiger charge is -2.22. The van der Waals surface area contributed by atoms with Crippen LogP contribution in [0.15, 0.2) is 41.4 Å². The number of phenolic OH excluding ortho intramolecular Hbond substituents is 1. The summed E-state index contributed by atoms with van der Waals surface area (Å²) < 4.78 is 0. The summed E-state index contributed by atoms with van der Waals surface area (Å²) in [6.45, 7) is 2.64. The minimum atomic E-state index is -0.0775. The molecule has 0 saturated carbocycles. The van der Waals surface area contributed by atoms with Gasteiger partial charge < -0.3 is 10.4 Å². The van der Waals surface area contributed by atoms with Crippen LogP contribution in [0.3, 0.4) is 0 Å². The van der Waals surface area contributed by atoms with E-state index in [-0.39, 0.29) is 11.5 Å². The van der Waals surface area contributed by atoms with E-state index in [1.165, 1.54) is 0 Å². The molecule has 0 heterocycles. The van der Waals surface area contributed by atoms with Crippen LogP contribution >= 0.6 is 0 Å². The molecular formula is C17H16N2O2. The number of hydrogen-bond donors (Lipinski definition) is 2. The Labute approximate surface area is 123 Å². The van der Waals surface area contributed by atoms with Gasteiger partial charge in [-0.3, -0.25) is 9.79 Å². The topological polar surface area (TPSA) is 61.7 Å². The van der Waals surface area contributed by atoms with Gasteiger partial charge in [-0.15, -0.1) is 0 Å². The summed E-state index contributed by atoms with van der Waals surface area (Å²) in [5, 5.41) is 13.6. The monoisotopic (exact) mass is 280 g/mol. The van der Waals surface area contributed by atoms with Crippen LogP contribution in [0.5, 0.6) is 5.75 Å². The molecule has 0 aromatic heterocycles. The van der Waals surface area contributed by atoms with E-state index in [1.807, 2.05) is 25.1 Å². The Morgan fingerprint density at radius 3 is 2.48 bits per heavy atom. The van der Waals surface area contributed by atoms with E-state index in [0.717, 1.165) is 5.56 Å². The van der Waals surface area contributed by atoms with Crippen molar-refractivity contribution in [1.29, 1.82) is 0 Å². The second kappa shape index (κ2) is 5.05. The first kappa shape index (κ1) is 13.4. The second-order valence-electron chi connectivity index (χ2n) is 4.86. The Kier molecular flexibility index (Phi) is 3.22. The van der Waals surface area contributed by atoms with E-state index in [9.17, 15) is 9.90 Å². The second-order valence-corrected chi connectivity index (χ2v) is 4.86. The Morgan fingerprint density at radius 2 is 1.81 bits per heavy atom. The molecule has 0 spiro atoms. The minimum absolute atomic E-state index is 0.0775. The largest absolute Gasteiger partial charge is 0.505 e. The zero-order valence-corrected chi connectivity index (χ0v) is 12.0. The summed E-state index contributed by atoms with van der Waals surface area (Å²) in [7, 11) is 1.67. The summed E-state index contributed by atoms with van der Waals surface area (Å²) in [5.74, 6) is 0.00384. The third-order valence-corrected chi connectivity index (χ3v) is 3.68. The first-order chi connectivity index (χ1) is 10.2. The molecule has 2 aromatic carbocycles. The smallest absolute Gasteiger partial charge is 0.194 e. The lowest BCUT2D eigenvalue weighted by atomic mass is 9.82. The van der Waals surface area contributed by atoms with Crippen molar-refractivity contribution in [1.82, 2.24) is 0 Å². The predicted octanol–water partition coefficient (Wildman–Crippen LogP) is 2.84. The zero-order valence-electron chi connectivity index (χ0n) is 12.0. The van der Waals surface area contributed by atoms with Gasteiger partial charge in [0.05, 0.1) is 17.0 Å². The van der Waals surface area contributed by atoms with Gasteiger partial charge in [-0.2, -0.15) is 0 Å². The van der Waals surface area contributed by atoms with Crippen molar-refractivity contribution in [2.45, 2.75) is 6.92 Å². The molecule has 3 rings (SSSR count). The van der Waals surface area contributed by atoms with Gasteiger partial charge in [0, 0.05) is 30.3 Å². The molecule has 2 aromatic rings. The Hall–Kier alpha value is -2.62. The standard InChI is InChI=1S/C17H16N2O2/c1-3-19-13-9-8-12-14(17(13)21)15(18-2)10-6-4-5-7-11(10)16(12)20/h4-9,19,21H,3H2,1-2H3. The van der Waals surface area contributed by atoms with Crippen molar-refractivity contribution in [2.75, 3.05) is 18.9 Å². The number of phenols is 1. The highest BCUT2D eigenvalue weighted by molar-refractivity contribution is 6.31. The SMILES string of the molecule is CCNc1ccc2c(c1O)C(=NC)c1ccccc1C2=O. The summed E-state index contributed by atoms with van der Waals surface area (Å²) in [6.07, 6.45) is 0. The van der Waals surface area contributed by atoms with E-state index in [1.54, 1.807) is 25.2 Å². The van der Waals surface area contributed by atoms with Crippen LogP contribution in [0, 0.1) is 0 Å². The van der Waals surface area contributed by atoms with Crippen molar-refractivity contribution >= 4 is 17.2 Å². The van der Waals surface area contributed by atoms with E-state index < -0.39 is 0 Å². The van der Waals surface area contributed by atoms with Crippen LogP contribution in [-0.4, -0.2) is 30.2 Å². The van der Waals surface area contributed by atoms with Crippen LogP contribution in [-0.2, 0) is 0 Å². The summed E-state index contributed by atoms with van der Waals surface area (Å²) in [6, 6.07) is 10.8. The Balaban J connectivity index is 2.31. The average molecular weight is 280 g/mol. The van der Waals surface area contributed by atoms with Gasteiger partial charge in [-0.1, -0.05) is 24.3 Å². The van der Waals surface area contributed by atoms with Crippen molar-refractivity contribution in [3.63, 3.8) is 0 Å². The number of carbonyl (C=O) groups is 1. The molecule has 0 saturated heterocycles. The van der Waals surface area contributed by atoms with Gasteiger partial charge in [0.1, 0.15) is 5.75 Å². The lowest BCUT2D eigenvalue weighted by molar-refractivity contribution is 0.103. The Bertz CT molecular complexity index is 763. The molecule has 0 fully saturated rings. The van der Waals surface area contributed by atoms with Crippen LogP contribution in [0.1, 0.15) is 34.0 Å². The number of fused-ring (bicyclic) bond motifs is 2. The Morgan fingerprint density at radius 1 is 1.10 bits per heavy atom. The minimum Gasteiger partial charge on any atom is -0.505 e. The summed E-state index contributed by atoms with van der Waals surface area (Å²) in [4.78, 5) is 16.9. The number of ketones is 1. The van der Waals surface area contributed by atoms with E-state index in [2.05, 4.69) is 10.3 Å².